The summed E-state index contributed by atoms with van der Waals surface area (Å²) in [6.45, 7) is 0.787. The predicted molar refractivity (Wildman–Crippen MR) is 79.0 cm³/mol. The molecule has 0 saturated heterocycles. The monoisotopic (exact) mass is 338 g/mol. The standard InChI is InChI=1S/C17H13F3O4/c1-11(21)12-5-4-6-13(9-12)23-10-16(22)24-15-8-3-2-7-14(15)17(18,19)20/h2-9H,10H2,1H3. The summed E-state index contributed by atoms with van der Waals surface area (Å²) in [4.78, 5) is 23.0. The molecule has 24 heavy (non-hydrogen) atoms. The maximum absolute atomic E-state index is 12.8. The molecule has 0 atom stereocenters. The summed E-state index contributed by atoms with van der Waals surface area (Å²) in [7, 11) is 0. The maximum Gasteiger partial charge on any atom is 0.419 e. The van der Waals surface area contributed by atoms with Gasteiger partial charge in [-0.1, -0.05) is 24.3 Å². The fourth-order valence-corrected chi connectivity index (χ4v) is 1.89. The van der Waals surface area contributed by atoms with Gasteiger partial charge in [0.1, 0.15) is 11.5 Å². The minimum absolute atomic E-state index is 0.179. The number of carbonyl (C=O) groups is 2. The van der Waals surface area contributed by atoms with Crippen molar-refractivity contribution in [2.45, 2.75) is 13.1 Å². The number of Topliss-reactive ketones (excluding diaryl/α,β-unsaturated/α-hetero) is 1. The number of para-hydroxylation sites is 1. The van der Waals surface area contributed by atoms with Crippen molar-refractivity contribution in [1.82, 2.24) is 0 Å². The van der Waals surface area contributed by atoms with Crippen molar-refractivity contribution in [1.29, 1.82) is 0 Å². The van der Waals surface area contributed by atoms with E-state index in [0.29, 0.717) is 5.56 Å². The second-order valence-corrected chi connectivity index (χ2v) is 4.84. The maximum atomic E-state index is 12.8. The van der Waals surface area contributed by atoms with Gasteiger partial charge in [-0.25, -0.2) is 4.79 Å². The number of rotatable bonds is 5. The number of hydrogen-bond donors (Lipinski definition) is 0. The summed E-state index contributed by atoms with van der Waals surface area (Å²) in [5, 5.41) is 0. The Bertz CT molecular complexity index is 753. The van der Waals surface area contributed by atoms with E-state index < -0.39 is 30.1 Å². The predicted octanol–water partition coefficient (Wildman–Crippen LogP) is 3.89. The van der Waals surface area contributed by atoms with Crippen LogP contribution in [0.3, 0.4) is 0 Å². The Kier molecular flexibility index (Phi) is 5.23. The van der Waals surface area contributed by atoms with Crippen LogP contribution in [-0.4, -0.2) is 18.4 Å². The van der Waals surface area contributed by atoms with Crippen LogP contribution in [-0.2, 0) is 11.0 Å². The molecule has 0 aliphatic rings. The fraction of sp³-hybridized carbons (Fsp3) is 0.176. The molecule has 0 radical (unpaired) electrons. The molecule has 7 heteroatoms. The molecule has 0 fully saturated rings. The van der Waals surface area contributed by atoms with E-state index in [1.54, 1.807) is 12.1 Å². The van der Waals surface area contributed by atoms with Gasteiger partial charge in [0.15, 0.2) is 12.4 Å². The zero-order chi connectivity index (χ0) is 17.7. The Labute approximate surface area is 135 Å². The van der Waals surface area contributed by atoms with E-state index in [-0.39, 0.29) is 11.5 Å². The van der Waals surface area contributed by atoms with Crippen LogP contribution in [0, 0.1) is 0 Å². The van der Waals surface area contributed by atoms with Crippen LogP contribution < -0.4 is 9.47 Å². The quantitative estimate of drug-likeness (QED) is 0.471. The van der Waals surface area contributed by atoms with Gasteiger partial charge in [0.05, 0.1) is 5.56 Å². The molecule has 0 amide bonds. The molecule has 0 bridgehead atoms. The highest BCUT2D eigenvalue weighted by molar-refractivity contribution is 5.94. The molecular formula is C17H13F3O4. The summed E-state index contributed by atoms with van der Waals surface area (Å²) < 4.78 is 48.3. The van der Waals surface area contributed by atoms with Gasteiger partial charge in [-0.2, -0.15) is 13.2 Å². The number of halogens is 3. The lowest BCUT2D eigenvalue weighted by Gasteiger charge is -2.12. The lowest BCUT2D eigenvalue weighted by atomic mass is 10.1. The lowest BCUT2D eigenvalue weighted by molar-refractivity contribution is -0.143. The summed E-state index contributed by atoms with van der Waals surface area (Å²) in [5.41, 5.74) is -0.653. The highest BCUT2D eigenvalue weighted by Crippen LogP contribution is 2.35. The molecule has 0 unspecified atom stereocenters. The SMILES string of the molecule is CC(=O)c1cccc(OCC(=O)Oc2ccccc2C(F)(F)F)c1. The molecule has 0 heterocycles. The van der Waals surface area contributed by atoms with Gasteiger partial charge in [-0.3, -0.25) is 4.79 Å². The van der Waals surface area contributed by atoms with Gasteiger partial charge < -0.3 is 9.47 Å². The van der Waals surface area contributed by atoms with Gasteiger partial charge in [0.2, 0.25) is 0 Å². The fourth-order valence-electron chi connectivity index (χ4n) is 1.89. The first-order valence-corrected chi connectivity index (χ1v) is 6.88. The van der Waals surface area contributed by atoms with E-state index in [1.165, 1.54) is 31.2 Å². The summed E-state index contributed by atoms with van der Waals surface area (Å²) in [6.07, 6.45) is -4.63. The van der Waals surface area contributed by atoms with Gasteiger partial charge in [-0.15, -0.1) is 0 Å². The molecule has 0 aromatic heterocycles. The third-order valence-electron chi connectivity index (χ3n) is 3.01. The highest BCUT2D eigenvalue weighted by atomic mass is 19.4. The Balaban J connectivity index is 2.02. The number of carbonyl (C=O) groups excluding carboxylic acids is 2. The second kappa shape index (κ2) is 7.16. The van der Waals surface area contributed by atoms with Crippen LogP contribution in [0.1, 0.15) is 22.8 Å². The van der Waals surface area contributed by atoms with Gasteiger partial charge in [0.25, 0.3) is 0 Å². The Morgan fingerprint density at radius 2 is 1.75 bits per heavy atom. The second-order valence-electron chi connectivity index (χ2n) is 4.84. The van der Waals surface area contributed by atoms with Crippen LogP contribution in [0.15, 0.2) is 48.5 Å². The molecule has 2 rings (SSSR count). The van der Waals surface area contributed by atoms with E-state index in [0.717, 1.165) is 12.1 Å². The van der Waals surface area contributed by atoms with Crippen molar-refractivity contribution in [2.75, 3.05) is 6.61 Å². The Morgan fingerprint density at radius 3 is 2.42 bits per heavy atom. The number of alkyl halides is 3. The topological polar surface area (TPSA) is 52.6 Å². The summed E-state index contributed by atoms with van der Waals surface area (Å²) in [6, 6.07) is 10.5. The third kappa shape index (κ3) is 4.58. The largest absolute Gasteiger partial charge is 0.482 e. The number of ketones is 1. The highest BCUT2D eigenvalue weighted by Gasteiger charge is 2.34. The minimum Gasteiger partial charge on any atom is -0.482 e. The number of benzene rings is 2. The lowest BCUT2D eigenvalue weighted by Crippen LogP contribution is -2.19. The van der Waals surface area contributed by atoms with Gasteiger partial charge in [-0.05, 0) is 31.2 Å². The number of esters is 1. The van der Waals surface area contributed by atoms with E-state index in [4.69, 9.17) is 9.47 Å². The average Bonchev–Trinajstić information content (AvgIpc) is 2.52. The normalized spacial score (nSPS) is 11.0. The van der Waals surface area contributed by atoms with E-state index >= 15 is 0 Å². The summed E-state index contributed by atoms with van der Waals surface area (Å²) >= 11 is 0. The zero-order valence-electron chi connectivity index (χ0n) is 12.6. The number of ether oxygens (including phenoxy) is 2. The summed E-state index contributed by atoms with van der Waals surface area (Å²) in [5.74, 6) is -1.51. The van der Waals surface area contributed by atoms with Gasteiger partial charge in [0, 0.05) is 5.56 Å². The molecule has 0 aliphatic heterocycles. The molecule has 0 N–H and O–H groups in total. The molecule has 0 spiro atoms. The van der Waals surface area contributed by atoms with Crippen molar-refractivity contribution >= 4 is 11.8 Å². The molecule has 126 valence electrons. The molecule has 0 saturated carbocycles. The van der Waals surface area contributed by atoms with Crippen LogP contribution in [0.4, 0.5) is 13.2 Å². The van der Waals surface area contributed by atoms with Crippen molar-refractivity contribution in [3.8, 4) is 11.5 Å². The third-order valence-corrected chi connectivity index (χ3v) is 3.01. The molecule has 4 nitrogen and oxygen atoms in total. The van der Waals surface area contributed by atoms with E-state index in [9.17, 15) is 22.8 Å². The zero-order valence-corrected chi connectivity index (χ0v) is 12.6. The first-order chi connectivity index (χ1) is 11.3. The van der Waals surface area contributed by atoms with Crippen molar-refractivity contribution in [2.24, 2.45) is 0 Å². The van der Waals surface area contributed by atoms with E-state index in [1.807, 2.05) is 0 Å². The van der Waals surface area contributed by atoms with Crippen molar-refractivity contribution in [3.63, 3.8) is 0 Å². The number of hydrogen-bond acceptors (Lipinski definition) is 4. The Morgan fingerprint density at radius 1 is 1.04 bits per heavy atom. The molecular weight excluding hydrogens is 325 g/mol. The Hall–Kier alpha value is -2.83. The van der Waals surface area contributed by atoms with Crippen molar-refractivity contribution < 1.29 is 32.2 Å². The van der Waals surface area contributed by atoms with Crippen LogP contribution in [0.25, 0.3) is 0 Å². The van der Waals surface area contributed by atoms with Gasteiger partial charge >= 0.3 is 12.1 Å². The molecule has 2 aromatic rings. The smallest absolute Gasteiger partial charge is 0.419 e. The minimum atomic E-state index is -4.63. The van der Waals surface area contributed by atoms with Crippen LogP contribution >= 0.6 is 0 Å². The van der Waals surface area contributed by atoms with Crippen LogP contribution in [0.5, 0.6) is 11.5 Å². The average molecular weight is 338 g/mol. The first kappa shape index (κ1) is 17.5. The van der Waals surface area contributed by atoms with Crippen molar-refractivity contribution in [3.05, 3.63) is 59.7 Å². The molecule has 0 aliphatic carbocycles. The molecule has 2 aromatic carbocycles. The first-order valence-electron chi connectivity index (χ1n) is 6.88. The van der Waals surface area contributed by atoms with Crippen LogP contribution in [0.2, 0.25) is 0 Å². The van der Waals surface area contributed by atoms with E-state index in [2.05, 4.69) is 0 Å².